The summed E-state index contributed by atoms with van der Waals surface area (Å²) in [5, 5.41) is 16.8. The van der Waals surface area contributed by atoms with Crippen LogP contribution >= 0.6 is 12.6 Å². The first-order valence-electron chi connectivity index (χ1n) is 6.17. The van der Waals surface area contributed by atoms with Crippen molar-refractivity contribution in [3.05, 3.63) is 22.5 Å². The van der Waals surface area contributed by atoms with Gasteiger partial charge in [0.1, 0.15) is 24.5 Å². The van der Waals surface area contributed by atoms with E-state index in [2.05, 4.69) is 23.0 Å². The highest BCUT2D eigenvalue weighted by molar-refractivity contribution is 7.80. The summed E-state index contributed by atoms with van der Waals surface area (Å²) >= 11 is 3.98. The second-order valence-corrected chi connectivity index (χ2v) is 4.47. The van der Waals surface area contributed by atoms with Crippen molar-refractivity contribution in [2.24, 2.45) is 0 Å². The summed E-state index contributed by atoms with van der Waals surface area (Å²) in [6, 6.07) is -1.69. The largest absolute Gasteiger partial charge is 0.464 e. The second-order valence-electron chi connectivity index (χ2n) is 4.11. The summed E-state index contributed by atoms with van der Waals surface area (Å²) < 4.78 is 5.95. The molecule has 10 heteroatoms. The van der Waals surface area contributed by atoms with Gasteiger partial charge in [-0.15, -0.1) is 0 Å². The van der Waals surface area contributed by atoms with Crippen molar-refractivity contribution in [3.63, 3.8) is 0 Å². The number of carbonyl (C=O) groups excluding carboxylic acids is 2. The quantitative estimate of drug-likeness (QED) is 0.324. The van der Waals surface area contributed by atoms with Crippen LogP contribution in [0.5, 0.6) is 0 Å². The zero-order valence-electron chi connectivity index (χ0n) is 11.6. The first kappa shape index (κ1) is 17.0. The fraction of sp³-hybridized carbons (Fsp3) is 0.545. The average Bonchev–Trinajstić information content (AvgIpc) is 2.93. The van der Waals surface area contributed by atoms with Crippen molar-refractivity contribution in [2.45, 2.75) is 25.9 Å². The third-order valence-electron chi connectivity index (χ3n) is 2.65. The summed E-state index contributed by atoms with van der Waals surface area (Å²) in [5.41, 5.74) is -0.217. The molecule has 9 nitrogen and oxygen atoms in total. The van der Waals surface area contributed by atoms with E-state index in [-0.39, 0.29) is 18.0 Å². The summed E-state index contributed by atoms with van der Waals surface area (Å²) in [6.45, 7) is 3.35. The van der Waals surface area contributed by atoms with Crippen LogP contribution in [0.25, 0.3) is 0 Å². The van der Waals surface area contributed by atoms with E-state index in [9.17, 15) is 19.7 Å². The van der Waals surface area contributed by atoms with Crippen molar-refractivity contribution < 1.29 is 19.2 Å². The van der Waals surface area contributed by atoms with Crippen molar-refractivity contribution >= 4 is 30.2 Å². The van der Waals surface area contributed by atoms with Gasteiger partial charge in [-0.25, -0.2) is 4.79 Å². The van der Waals surface area contributed by atoms with Gasteiger partial charge >= 0.3 is 11.7 Å². The molecule has 0 aliphatic heterocycles. The fourth-order valence-corrected chi connectivity index (χ4v) is 1.71. The molecule has 2 atom stereocenters. The molecule has 0 aliphatic rings. The number of esters is 1. The molecule has 0 radical (unpaired) electrons. The van der Waals surface area contributed by atoms with E-state index < -0.39 is 28.9 Å². The van der Waals surface area contributed by atoms with Gasteiger partial charge in [-0.3, -0.25) is 19.6 Å². The molecule has 0 saturated heterocycles. The smallest absolute Gasteiger partial charge is 0.329 e. The molecular formula is C11H16N4O5S. The van der Waals surface area contributed by atoms with Gasteiger partial charge < -0.3 is 10.1 Å². The normalized spacial score (nSPS) is 13.3. The molecule has 21 heavy (non-hydrogen) atoms. The molecule has 0 fully saturated rings. The Morgan fingerprint density at radius 1 is 1.62 bits per heavy atom. The Kier molecular flexibility index (Phi) is 6.15. The molecule has 1 N–H and O–H groups in total. The van der Waals surface area contributed by atoms with Crippen molar-refractivity contribution in [1.29, 1.82) is 0 Å². The molecule has 1 heterocycles. The van der Waals surface area contributed by atoms with E-state index in [0.717, 1.165) is 17.1 Å². The third-order valence-corrected chi connectivity index (χ3v) is 3.01. The molecular weight excluding hydrogens is 300 g/mol. The summed E-state index contributed by atoms with van der Waals surface area (Å²) in [4.78, 5) is 33.5. The van der Waals surface area contributed by atoms with E-state index in [0.29, 0.717) is 0 Å². The Labute approximate surface area is 126 Å². The topological polar surface area (TPSA) is 116 Å². The van der Waals surface area contributed by atoms with Crippen LogP contribution in [-0.2, 0) is 14.3 Å². The number of nitro groups is 1. The number of nitrogens with one attached hydrogen (secondary N) is 1. The van der Waals surface area contributed by atoms with Gasteiger partial charge in [0.25, 0.3) is 0 Å². The van der Waals surface area contributed by atoms with Gasteiger partial charge in [-0.1, -0.05) is 0 Å². The predicted octanol–water partition coefficient (Wildman–Crippen LogP) is 0.330. The number of thiol groups is 1. The Balaban J connectivity index is 2.72. The van der Waals surface area contributed by atoms with Crippen LogP contribution < -0.4 is 5.32 Å². The maximum Gasteiger partial charge on any atom is 0.329 e. The Morgan fingerprint density at radius 3 is 2.76 bits per heavy atom. The first-order valence-corrected chi connectivity index (χ1v) is 6.80. The minimum Gasteiger partial charge on any atom is -0.464 e. The number of hydrogen-bond acceptors (Lipinski definition) is 7. The lowest BCUT2D eigenvalue weighted by molar-refractivity contribution is -0.385. The molecule has 1 aromatic rings. The van der Waals surface area contributed by atoms with Crippen LogP contribution in [0.1, 0.15) is 19.9 Å². The SMILES string of the molecule is CCOC(=O)[C@H](CS)NC(=O)C(C)n1cc([N+](=O)[O-])cn1. The van der Waals surface area contributed by atoms with E-state index in [4.69, 9.17) is 4.74 Å². The molecule has 1 aromatic heterocycles. The number of hydrogen-bond donors (Lipinski definition) is 2. The summed E-state index contributed by atoms with van der Waals surface area (Å²) in [6.07, 6.45) is 2.19. The average molecular weight is 316 g/mol. The standard InChI is InChI=1S/C11H16N4O5S/c1-3-20-11(17)9(6-21)13-10(16)7(2)14-5-8(4-12-14)15(18)19/h4-5,7,9,21H,3,6H2,1-2H3,(H,13,16)/t7?,9-/m0/s1. The van der Waals surface area contributed by atoms with E-state index in [1.165, 1.54) is 6.92 Å². The highest BCUT2D eigenvalue weighted by Gasteiger charge is 2.25. The number of ether oxygens (including phenoxy) is 1. The predicted molar refractivity (Wildman–Crippen MR) is 76.0 cm³/mol. The van der Waals surface area contributed by atoms with Crippen molar-refractivity contribution in [3.8, 4) is 0 Å². The second kappa shape index (κ2) is 7.62. The molecule has 0 saturated carbocycles. The van der Waals surface area contributed by atoms with E-state index in [1.54, 1.807) is 6.92 Å². The zero-order chi connectivity index (χ0) is 16.0. The van der Waals surface area contributed by atoms with Crippen LogP contribution in [0.15, 0.2) is 12.4 Å². The summed E-state index contributed by atoms with van der Waals surface area (Å²) in [7, 11) is 0. The minimum absolute atomic E-state index is 0.0799. The highest BCUT2D eigenvalue weighted by Crippen LogP contribution is 2.13. The van der Waals surface area contributed by atoms with E-state index >= 15 is 0 Å². The zero-order valence-corrected chi connectivity index (χ0v) is 12.4. The maximum atomic E-state index is 12.0. The van der Waals surface area contributed by atoms with Gasteiger partial charge in [-0.05, 0) is 13.8 Å². The Morgan fingerprint density at radius 2 is 2.29 bits per heavy atom. The lowest BCUT2D eigenvalue weighted by Crippen LogP contribution is -2.45. The number of rotatable bonds is 7. The number of carbonyl (C=O) groups is 2. The number of nitrogens with zero attached hydrogens (tertiary/aromatic N) is 3. The highest BCUT2D eigenvalue weighted by atomic mass is 32.1. The number of amides is 1. The third kappa shape index (κ3) is 4.45. The maximum absolute atomic E-state index is 12.0. The lowest BCUT2D eigenvalue weighted by Gasteiger charge is -2.18. The van der Waals surface area contributed by atoms with Crippen LogP contribution in [0, 0.1) is 10.1 Å². The Hall–Kier alpha value is -2.10. The van der Waals surface area contributed by atoms with Crippen LogP contribution in [0.2, 0.25) is 0 Å². The summed E-state index contributed by atoms with van der Waals surface area (Å²) in [5.74, 6) is -1.02. The van der Waals surface area contributed by atoms with Gasteiger partial charge in [0.05, 0.1) is 11.5 Å². The molecule has 0 aromatic carbocycles. The monoisotopic (exact) mass is 316 g/mol. The molecule has 1 amide bonds. The molecule has 1 unspecified atom stereocenters. The molecule has 0 aliphatic carbocycles. The van der Waals surface area contributed by atoms with Gasteiger partial charge in [0.15, 0.2) is 0 Å². The molecule has 0 bridgehead atoms. The molecule has 1 rings (SSSR count). The number of aromatic nitrogens is 2. The first-order chi connectivity index (χ1) is 9.90. The van der Waals surface area contributed by atoms with Gasteiger partial charge in [0.2, 0.25) is 5.91 Å². The van der Waals surface area contributed by atoms with Crippen molar-refractivity contribution in [1.82, 2.24) is 15.1 Å². The van der Waals surface area contributed by atoms with E-state index in [1.807, 2.05) is 0 Å². The van der Waals surface area contributed by atoms with Gasteiger partial charge in [0, 0.05) is 5.75 Å². The van der Waals surface area contributed by atoms with Crippen molar-refractivity contribution in [2.75, 3.05) is 12.4 Å². The van der Waals surface area contributed by atoms with Crippen LogP contribution in [-0.4, -0.2) is 45.0 Å². The molecule has 116 valence electrons. The molecule has 0 spiro atoms. The minimum atomic E-state index is -0.881. The Bertz CT molecular complexity index is 532. The van der Waals surface area contributed by atoms with Crippen LogP contribution in [0.3, 0.4) is 0 Å². The fourth-order valence-electron chi connectivity index (χ4n) is 1.47. The lowest BCUT2D eigenvalue weighted by atomic mass is 10.2. The van der Waals surface area contributed by atoms with Gasteiger partial charge in [-0.2, -0.15) is 17.7 Å². The van der Waals surface area contributed by atoms with Crippen LogP contribution in [0.4, 0.5) is 5.69 Å².